The van der Waals surface area contributed by atoms with Gasteiger partial charge in [0.05, 0.1) is 0 Å². The second kappa shape index (κ2) is 5.20. The molecule has 0 spiro atoms. The highest BCUT2D eigenvalue weighted by Gasteiger charge is 2.06. The van der Waals surface area contributed by atoms with Gasteiger partial charge < -0.3 is 5.73 Å². The molecule has 1 nitrogen and oxygen atoms in total. The van der Waals surface area contributed by atoms with Crippen LogP contribution in [0.1, 0.15) is 17.9 Å². The van der Waals surface area contributed by atoms with Crippen molar-refractivity contribution in [1.29, 1.82) is 0 Å². The van der Waals surface area contributed by atoms with E-state index >= 15 is 0 Å². The van der Waals surface area contributed by atoms with Gasteiger partial charge in [-0.15, -0.1) is 6.58 Å². The number of benzene rings is 1. The third-order valence-electron chi connectivity index (χ3n) is 2.08. The molecule has 0 saturated carbocycles. The first-order chi connectivity index (χ1) is 6.27. The standard InChI is InChI=1S/C11H14BrN/c1-2-3-10(8-13)9-4-6-11(12)7-5-9/h2,4-7,10H,1,3,8,13H2/t10-/m1/s1. The fourth-order valence-electron chi connectivity index (χ4n) is 1.30. The smallest absolute Gasteiger partial charge is 0.0175 e. The van der Waals surface area contributed by atoms with E-state index in [9.17, 15) is 0 Å². The van der Waals surface area contributed by atoms with E-state index in [4.69, 9.17) is 5.73 Å². The summed E-state index contributed by atoms with van der Waals surface area (Å²) in [6.45, 7) is 4.40. The Kier molecular flexibility index (Phi) is 4.19. The molecule has 1 aromatic carbocycles. The van der Waals surface area contributed by atoms with Gasteiger partial charge in [0.25, 0.3) is 0 Å². The molecule has 2 N–H and O–H groups in total. The monoisotopic (exact) mass is 239 g/mol. The van der Waals surface area contributed by atoms with Crippen LogP contribution in [-0.4, -0.2) is 6.54 Å². The van der Waals surface area contributed by atoms with E-state index in [1.165, 1.54) is 5.56 Å². The van der Waals surface area contributed by atoms with Gasteiger partial charge in [-0.1, -0.05) is 34.1 Å². The molecule has 0 amide bonds. The van der Waals surface area contributed by atoms with E-state index in [2.05, 4.69) is 34.6 Å². The minimum Gasteiger partial charge on any atom is -0.330 e. The van der Waals surface area contributed by atoms with Crippen LogP contribution in [0.2, 0.25) is 0 Å². The Balaban J connectivity index is 2.78. The largest absolute Gasteiger partial charge is 0.330 e. The molecule has 1 rings (SSSR count). The first-order valence-corrected chi connectivity index (χ1v) is 5.13. The molecule has 0 fully saturated rings. The van der Waals surface area contributed by atoms with Crippen molar-refractivity contribution in [1.82, 2.24) is 0 Å². The molecule has 2 heteroatoms. The highest BCUT2D eigenvalue weighted by Crippen LogP contribution is 2.20. The Bertz CT molecular complexity index is 266. The summed E-state index contributed by atoms with van der Waals surface area (Å²) in [5.74, 6) is 0.408. The molecular weight excluding hydrogens is 226 g/mol. The summed E-state index contributed by atoms with van der Waals surface area (Å²) in [7, 11) is 0. The summed E-state index contributed by atoms with van der Waals surface area (Å²) in [6, 6.07) is 8.29. The van der Waals surface area contributed by atoms with Gasteiger partial charge in [0.1, 0.15) is 0 Å². The molecule has 0 unspecified atom stereocenters. The van der Waals surface area contributed by atoms with Crippen molar-refractivity contribution >= 4 is 15.9 Å². The van der Waals surface area contributed by atoms with Crippen LogP contribution in [-0.2, 0) is 0 Å². The van der Waals surface area contributed by atoms with Crippen molar-refractivity contribution in [2.45, 2.75) is 12.3 Å². The fraction of sp³-hybridized carbons (Fsp3) is 0.273. The highest BCUT2D eigenvalue weighted by molar-refractivity contribution is 9.10. The number of halogens is 1. The van der Waals surface area contributed by atoms with Crippen LogP contribution in [0.5, 0.6) is 0 Å². The molecule has 1 atom stereocenters. The number of nitrogens with two attached hydrogens (primary N) is 1. The molecule has 0 aliphatic rings. The number of allylic oxidation sites excluding steroid dienone is 1. The van der Waals surface area contributed by atoms with Gasteiger partial charge in [-0.25, -0.2) is 0 Å². The summed E-state index contributed by atoms with van der Waals surface area (Å²) in [4.78, 5) is 0. The average Bonchev–Trinajstić information content (AvgIpc) is 2.16. The highest BCUT2D eigenvalue weighted by atomic mass is 79.9. The van der Waals surface area contributed by atoms with Crippen LogP contribution < -0.4 is 5.73 Å². The van der Waals surface area contributed by atoms with Crippen molar-refractivity contribution < 1.29 is 0 Å². The van der Waals surface area contributed by atoms with E-state index < -0.39 is 0 Å². The molecule has 70 valence electrons. The van der Waals surface area contributed by atoms with Gasteiger partial charge in [0.15, 0.2) is 0 Å². The molecule has 0 bridgehead atoms. The van der Waals surface area contributed by atoms with Crippen molar-refractivity contribution in [3.63, 3.8) is 0 Å². The van der Waals surface area contributed by atoms with E-state index in [1.54, 1.807) is 0 Å². The zero-order chi connectivity index (χ0) is 9.68. The zero-order valence-corrected chi connectivity index (χ0v) is 9.13. The van der Waals surface area contributed by atoms with Crippen LogP contribution in [0.3, 0.4) is 0 Å². The fourth-order valence-corrected chi connectivity index (χ4v) is 1.57. The lowest BCUT2D eigenvalue weighted by Gasteiger charge is -2.12. The van der Waals surface area contributed by atoms with Gasteiger partial charge in [0, 0.05) is 4.47 Å². The number of hydrogen-bond acceptors (Lipinski definition) is 1. The first-order valence-electron chi connectivity index (χ1n) is 4.34. The van der Waals surface area contributed by atoms with E-state index in [0.29, 0.717) is 12.5 Å². The van der Waals surface area contributed by atoms with Crippen LogP contribution in [0, 0.1) is 0 Å². The van der Waals surface area contributed by atoms with Crippen molar-refractivity contribution in [3.05, 3.63) is 47.0 Å². The molecule has 0 aromatic heterocycles. The van der Waals surface area contributed by atoms with Gasteiger partial charge in [0.2, 0.25) is 0 Å². The Hall–Kier alpha value is -0.600. The van der Waals surface area contributed by atoms with Crippen molar-refractivity contribution in [3.8, 4) is 0 Å². The van der Waals surface area contributed by atoms with Gasteiger partial charge in [-0.2, -0.15) is 0 Å². The molecule has 1 aromatic rings. The van der Waals surface area contributed by atoms with Gasteiger partial charge in [-0.05, 0) is 36.6 Å². The van der Waals surface area contributed by atoms with E-state index in [1.807, 2.05) is 18.2 Å². The SMILES string of the molecule is C=CC[C@H](CN)c1ccc(Br)cc1. The van der Waals surface area contributed by atoms with E-state index in [-0.39, 0.29) is 0 Å². The predicted molar refractivity (Wildman–Crippen MR) is 60.8 cm³/mol. The topological polar surface area (TPSA) is 26.0 Å². The second-order valence-electron chi connectivity index (χ2n) is 3.01. The van der Waals surface area contributed by atoms with Crippen LogP contribution in [0.25, 0.3) is 0 Å². The van der Waals surface area contributed by atoms with Crippen LogP contribution >= 0.6 is 15.9 Å². The number of hydrogen-bond donors (Lipinski definition) is 1. The second-order valence-corrected chi connectivity index (χ2v) is 3.92. The summed E-state index contributed by atoms with van der Waals surface area (Å²) in [6.07, 6.45) is 2.86. The van der Waals surface area contributed by atoms with Crippen molar-refractivity contribution in [2.24, 2.45) is 5.73 Å². The first kappa shape index (κ1) is 10.5. The lowest BCUT2D eigenvalue weighted by atomic mass is 9.96. The summed E-state index contributed by atoms with van der Waals surface area (Å²) in [5.41, 5.74) is 6.95. The maximum absolute atomic E-state index is 5.67. The third kappa shape index (κ3) is 2.98. The maximum atomic E-state index is 5.67. The maximum Gasteiger partial charge on any atom is 0.0175 e. The van der Waals surface area contributed by atoms with Crippen LogP contribution in [0.4, 0.5) is 0 Å². The normalized spacial score (nSPS) is 12.5. The average molecular weight is 240 g/mol. The minimum atomic E-state index is 0.408. The Labute approximate surface area is 87.8 Å². The lowest BCUT2D eigenvalue weighted by molar-refractivity contribution is 0.711. The summed E-state index contributed by atoms with van der Waals surface area (Å²) < 4.78 is 1.10. The molecule has 0 heterocycles. The molecule has 0 saturated heterocycles. The molecule has 13 heavy (non-hydrogen) atoms. The Morgan fingerprint density at radius 1 is 1.38 bits per heavy atom. The molecule has 0 aliphatic carbocycles. The predicted octanol–water partition coefficient (Wildman–Crippen LogP) is 3.07. The summed E-state index contributed by atoms with van der Waals surface area (Å²) in [5, 5.41) is 0. The van der Waals surface area contributed by atoms with Gasteiger partial charge >= 0.3 is 0 Å². The van der Waals surface area contributed by atoms with Crippen molar-refractivity contribution in [2.75, 3.05) is 6.54 Å². The van der Waals surface area contributed by atoms with E-state index in [0.717, 1.165) is 10.9 Å². The summed E-state index contributed by atoms with van der Waals surface area (Å²) >= 11 is 3.40. The van der Waals surface area contributed by atoms with Crippen LogP contribution in [0.15, 0.2) is 41.4 Å². The Morgan fingerprint density at radius 2 is 2.00 bits per heavy atom. The minimum absolute atomic E-state index is 0.408. The van der Waals surface area contributed by atoms with Gasteiger partial charge in [-0.3, -0.25) is 0 Å². The number of rotatable bonds is 4. The Morgan fingerprint density at radius 3 is 2.46 bits per heavy atom. The quantitative estimate of drug-likeness (QED) is 0.804. The molecule has 0 radical (unpaired) electrons. The zero-order valence-electron chi connectivity index (χ0n) is 7.54. The lowest BCUT2D eigenvalue weighted by Crippen LogP contribution is -2.11. The molecular formula is C11H14BrN. The third-order valence-corrected chi connectivity index (χ3v) is 2.61. The molecule has 0 aliphatic heterocycles.